The fourth-order valence-corrected chi connectivity index (χ4v) is 2.26. The van der Waals surface area contributed by atoms with Crippen molar-refractivity contribution in [2.75, 3.05) is 6.54 Å². The standard InChI is InChI=1S/C16H20N4O/c1-4-7-16(21)18-11-9-14-12(2)19-20(13(14)3)15-8-5-6-10-17-15/h4-8,10H,9,11H2,1-3H3,(H,18,21). The van der Waals surface area contributed by atoms with E-state index in [9.17, 15) is 4.79 Å². The van der Waals surface area contributed by atoms with Gasteiger partial charge >= 0.3 is 0 Å². The molecule has 2 aromatic heterocycles. The van der Waals surface area contributed by atoms with Gasteiger partial charge < -0.3 is 5.32 Å². The summed E-state index contributed by atoms with van der Waals surface area (Å²) >= 11 is 0. The van der Waals surface area contributed by atoms with E-state index in [2.05, 4.69) is 15.4 Å². The number of allylic oxidation sites excluding steroid dienone is 1. The number of hydrogen-bond donors (Lipinski definition) is 1. The molecule has 5 heteroatoms. The summed E-state index contributed by atoms with van der Waals surface area (Å²) in [7, 11) is 0. The molecule has 0 atom stereocenters. The molecule has 110 valence electrons. The molecule has 0 fully saturated rings. The summed E-state index contributed by atoms with van der Waals surface area (Å²) in [4.78, 5) is 15.7. The van der Waals surface area contributed by atoms with Crippen molar-refractivity contribution in [2.24, 2.45) is 0 Å². The van der Waals surface area contributed by atoms with Crippen molar-refractivity contribution >= 4 is 5.91 Å². The van der Waals surface area contributed by atoms with Crippen LogP contribution < -0.4 is 5.32 Å². The summed E-state index contributed by atoms with van der Waals surface area (Å²) < 4.78 is 1.85. The Kier molecular flexibility index (Phi) is 4.87. The Morgan fingerprint density at radius 2 is 2.19 bits per heavy atom. The number of aromatic nitrogens is 3. The molecule has 1 amide bonds. The molecule has 0 aliphatic heterocycles. The third-order valence-electron chi connectivity index (χ3n) is 3.30. The highest BCUT2D eigenvalue weighted by atomic mass is 16.1. The smallest absolute Gasteiger partial charge is 0.243 e. The van der Waals surface area contributed by atoms with Gasteiger partial charge in [0.1, 0.15) is 0 Å². The minimum atomic E-state index is -0.0649. The van der Waals surface area contributed by atoms with Crippen molar-refractivity contribution in [3.63, 3.8) is 0 Å². The van der Waals surface area contributed by atoms with Gasteiger partial charge in [-0.05, 0) is 51.0 Å². The molecule has 0 bridgehead atoms. The molecule has 0 saturated carbocycles. The van der Waals surface area contributed by atoms with Crippen LogP contribution in [-0.2, 0) is 11.2 Å². The zero-order valence-electron chi connectivity index (χ0n) is 12.6. The van der Waals surface area contributed by atoms with Crippen molar-refractivity contribution in [1.29, 1.82) is 0 Å². The number of hydrogen-bond acceptors (Lipinski definition) is 3. The molecule has 2 rings (SSSR count). The zero-order chi connectivity index (χ0) is 15.2. The lowest BCUT2D eigenvalue weighted by atomic mass is 10.1. The third kappa shape index (κ3) is 3.56. The summed E-state index contributed by atoms with van der Waals surface area (Å²) in [6, 6.07) is 5.75. The number of pyridine rings is 1. The molecule has 0 radical (unpaired) electrons. The highest BCUT2D eigenvalue weighted by molar-refractivity contribution is 5.87. The predicted octanol–water partition coefficient (Wildman–Crippen LogP) is 2.12. The molecule has 0 saturated heterocycles. The van der Waals surface area contributed by atoms with Crippen LogP contribution in [-0.4, -0.2) is 27.2 Å². The van der Waals surface area contributed by atoms with Crippen LogP contribution in [0.4, 0.5) is 0 Å². The molecule has 0 aromatic carbocycles. The maximum absolute atomic E-state index is 11.4. The van der Waals surface area contributed by atoms with Crippen LogP contribution >= 0.6 is 0 Å². The van der Waals surface area contributed by atoms with Gasteiger partial charge in [-0.15, -0.1) is 0 Å². The van der Waals surface area contributed by atoms with Gasteiger partial charge in [0.15, 0.2) is 5.82 Å². The van der Waals surface area contributed by atoms with Gasteiger partial charge in [-0.3, -0.25) is 4.79 Å². The minimum Gasteiger partial charge on any atom is -0.352 e. The fraction of sp³-hybridized carbons (Fsp3) is 0.312. The van der Waals surface area contributed by atoms with Gasteiger partial charge in [0.25, 0.3) is 0 Å². The van der Waals surface area contributed by atoms with E-state index in [1.54, 1.807) is 12.3 Å². The SMILES string of the molecule is CC=CC(=O)NCCc1c(C)nn(-c2ccccn2)c1C. The maximum Gasteiger partial charge on any atom is 0.243 e. The number of amides is 1. The largest absolute Gasteiger partial charge is 0.352 e. The number of carbonyl (C=O) groups excluding carboxylic acids is 1. The Morgan fingerprint density at radius 1 is 1.38 bits per heavy atom. The lowest BCUT2D eigenvalue weighted by Gasteiger charge is -2.05. The van der Waals surface area contributed by atoms with E-state index in [1.165, 1.54) is 6.08 Å². The summed E-state index contributed by atoms with van der Waals surface area (Å²) in [6.45, 7) is 6.43. The first-order valence-corrected chi connectivity index (χ1v) is 7.00. The lowest BCUT2D eigenvalue weighted by Crippen LogP contribution is -2.23. The van der Waals surface area contributed by atoms with E-state index in [0.717, 1.165) is 29.2 Å². The van der Waals surface area contributed by atoms with Crippen LogP contribution in [0.25, 0.3) is 5.82 Å². The lowest BCUT2D eigenvalue weighted by molar-refractivity contribution is -0.116. The molecule has 0 aliphatic carbocycles. The van der Waals surface area contributed by atoms with Crippen LogP contribution in [0.3, 0.4) is 0 Å². The molecular formula is C16H20N4O. The van der Waals surface area contributed by atoms with Crippen molar-refractivity contribution < 1.29 is 4.79 Å². The topological polar surface area (TPSA) is 59.8 Å². The van der Waals surface area contributed by atoms with Crippen molar-refractivity contribution in [2.45, 2.75) is 27.2 Å². The predicted molar refractivity (Wildman–Crippen MR) is 82.4 cm³/mol. The Bertz CT molecular complexity index is 644. The van der Waals surface area contributed by atoms with Crippen LogP contribution in [0.1, 0.15) is 23.9 Å². The van der Waals surface area contributed by atoms with Crippen LogP contribution in [0, 0.1) is 13.8 Å². The number of rotatable bonds is 5. The monoisotopic (exact) mass is 284 g/mol. The molecule has 21 heavy (non-hydrogen) atoms. The molecule has 2 heterocycles. The van der Waals surface area contributed by atoms with E-state index < -0.39 is 0 Å². The van der Waals surface area contributed by atoms with Gasteiger partial charge in [-0.2, -0.15) is 5.10 Å². The van der Waals surface area contributed by atoms with Gasteiger partial charge in [-0.25, -0.2) is 9.67 Å². The molecule has 0 aliphatic rings. The molecular weight excluding hydrogens is 264 g/mol. The number of aryl methyl sites for hydroxylation is 1. The molecule has 2 aromatic rings. The van der Waals surface area contributed by atoms with E-state index in [1.807, 2.05) is 43.7 Å². The van der Waals surface area contributed by atoms with Crippen LogP contribution in [0.5, 0.6) is 0 Å². The summed E-state index contributed by atoms with van der Waals surface area (Å²) in [5.41, 5.74) is 3.19. The van der Waals surface area contributed by atoms with Crippen LogP contribution in [0.2, 0.25) is 0 Å². The Balaban J connectivity index is 2.11. The van der Waals surface area contributed by atoms with Gasteiger partial charge in [0.2, 0.25) is 5.91 Å². The average molecular weight is 284 g/mol. The van der Waals surface area contributed by atoms with Crippen molar-refractivity contribution in [3.8, 4) is 5.82 Å². The average Bonchev–Trinajstić information content (AvgIpc) is 2.76. The van der Waals surface area contributed by atoms with Gasteiger partial charge in [0.05, 0.1) is 5.69 Å². The van der Waals surface area contributed by atoms with Crippen molar-refractivity contribution in [3.05, 3.63) is 53.5 Å². The minimum absolute atomic E-state index is 0.0649. The second kappa shape index (κ2) is 6.83. The number of nitrogens with zero attached hydrogens (tertiary/aromatic N) is 3. The molecule has 1 N–H and O–H groups in total. The molecule has 0 spiro atoms. The van der Waals surface area contributed by atoms with E-state index in [4.69, 9.17) is 0 Å². The first-order valence-electron chi connectivity index (χ1n) is 7.00. The van der Waals surface area contributed by atoms with Gasteiger partial charge in [0, 0.05) is 18.4 Å². The molecule has 0 unspecified atom stereocenters. The fourth-order valence-electron chi connectivity index (χ4n) is 2.26. The summed E-state index contributed by atoms with van der Waals surface area (Å²) in [5.74, 6) is 0.743. The highest BCUT2D eigenvalue weighted by Gasteiger charge is 2.13. The quantitative estimate of drug-likeness (QED) is 0.856. The maximum atomic E-state index is 11.4. The van der Waals surface area contributed by atoms with E-state index in [-0.39, 0.29) is 5.91 Å². The number of nitrogens with one attached hydrogen (secondary N) is 1. The Hall–Kier alpha value is -2.43. The highest BCUT2D eigenvalue weighted by Crippen LogP contribution is 2.16. The summed E-state index contributed by atoms with van der Waals surface area (Å²) in [6.07, 6.45) is 5.76. The van der Waals surface area contributed by atoms with Gasteiger partial charge in [-0.1, -0.05) is 12.1 Å². The second-order valence-corrected chi connectivity index (χ2v) is 4.79. The first kappa shape index (κ1) is 15.0. The van der Waals surface area contributed by atoms with E-state index in [0.29, 0.717) is 6.54 Å². The molecule has 5 nitrogen and oxygen atoms in total. The second-order valence-electron chi connectivity index (χ2n) is 4.79. The summed E-state index contributed by atoms with van der Waals surface area (Å²) in [5, 5.41) is 7.40. The van der Waals surface area contributed by atoms with Crippen molar-refractivity contribution in [1.82, 2.24) is 20.1 Å². The Morgan fingerprint density at radius 3 is 2.86 bits per heavy atom. The van der Waals surface area contributed by atoms with Crippen LogP contribution in [0.15, 0.2) is 36.5 Å². The van der Waals surface area contributed by atoms with E-state index >= 15 is 0 Å². The normalized spacial score (nSPS) is 11.0. The zero-order valence-corrected chi connectivity index (χ0v) is 12.6. The third-order valence-corrected chi connectivity index (χ3v) is 3.30. The number of carbonyl (C=O) groups is 1. The first-order chi connectivity index (χ1) is 10.1. The Labute approximate surface area is 124 Å².